The van der Waals surface area contributed by atoms with Gasteiger partial charge in [-0.1, -0.05) is 60.7 Å². The number of hydrogen-bond acceptors (Lipinski definition) is 4. The standard InChI is InChI=1S/C24H31N3O3/c1-20(28)27(19-22-10-6-3-7-11-22)23(18-21-8-4-2-5-9-21)24(29)25-12-13-26-14-16-30-17-15-26/h2-11,23H,12-19H2,1H3,(H,25,29)/t23-/m0/s1. The zero-order valence-corrected chi connectivity index (χ0v) is 17.6. The van der Waals surface area contributed by atoms with E-state index in [0.717, 1.165) is 44.0 Å². The molecule has 2 amide bonds. The van der Waals surface area contributed by atoms with E-state index in [-0.39, 0.29) is 11.8 Å². The zero-order chi connectivity index (χ0) is 21.2. The summed E-state index contributed by atoms with van der Waals surface area (Å²) in [4.78, 5) is 29.7. The number of benzene rings is 2. The van der Waals surface area contributed by atoms with Crippen LogP contribution in [0.1, 0.15) is 18.1 Å². The summed E-state index contributed by atoms with van der Waals surface area (Å²) in [6, 6.07) is 19.1. The van der Waals surface area contributed by atoms with Gasteiger partial charge < -0.3 is 15.0 Å². The Morgan fingerprint density at radius 1 is 1.00 bits per heavy atom. The van der Waals surface area contributed by atoms with Gasteiger partial charge in [-0.25, -0.2) is 0 Å². The summed E-state index contributed by atoms with van der Waals surface area (Å²) in [6.45, 7) is 6.52. The normalized spacial score (nSPS) is 15.4. The molecule has 1 atom stereocenters. The van der Waals surface area contributed by atoms with E-state index in [1.54, 1.807) is 4.90 Å². The summed E-state index contributed by atoms with van der Waals surface area (Å²) in [5, 5.41) is 3.06. The molecule has 1 fully saturated rings. The molecular weight excluding hydrogens is 378 g/mol. The SMILES string of the molecule is CC(=O)N(Cc1ccccc1)[C@@H](Cc1ccccc1)C(=O)NCCN1CCOCC1. The van der Waals surface area contributed by atoms with Gasteiger partial charge >= 0.3 is 0 Å². The molecule has 6 nitrogen and oxygen atoms in total. The van der Waals surface area contributed by atoms with Crippen molar-refractivity contribution in [2.24, 2.45) is 0 Å². The molecule has 30 heavy (non-hydrogen) atoms. The van der Waals surface area contributed by atoms with Gasteiger partial charge in [-0.15, -0.1) is 0 Å². The van der Waals surface area contributed by atoms with Gasteiger partial charge in [0, 0.05) is 46.1 Å². The van der Waals surface area contributed by atoms with Crippen LogP contribution < -0.4 is 5.32 Å². The summed E-state index contributed by atoms with van der Waals surface area (Å²) >= 11 is 0. The minimum absolute atomic E-state index is 0.108. The van der Waals surface area contributed by atoms with Gasteiger partial charge in [0.2, 0.25) is 11.8 Å². The average molecular weight is 410 g/mol. The molecule has 0 bridgehead atoms. The minimum Gasteiger partial charge on any atom is -0.379 e. The van der Waals surface area contributed by atoms with Gasteiger partial charge in [0.15, 0.2) is 0 Å². The molecular formula is C24H31N3O3. The zero-order valence-electron chi connectivity index (χ0n) is 17.6. The van der Waals surface area contributed by atoms with E-state index < -0.39 is 6.04 Å². The molecule has 0 saturated carbocycles. The third kappa shape index (κ3) is 6.68. The smallest absolute Gasteiger partial charge is 0.243 e. The molecule has 2 aromatic carbocycles. The number of nitrogens with zero attached hydrogens (tertiary/aromatic N) is 2. The van der Waals surface area contributed by atoms with Crippen LogP contribution in [0.4, 0.5) is 0 Å². The Hall–Kier alpha value is -2.70. The van der Waals surface area contributed by atoms with Crippen molar-refractivity contribution in [3.05, 3.63) is 71.8 Å². The fourth-order valence-electron chi connectivity index (χ4n) is 3.68. The molecule has 1 aliphatic rings. The van der Waals surface area contributed by atoms with Gasteiger partial charge in [0.05, 0.1) is 13.2 Å². The molecule has 2 aromatic rings. The van der Waals surface area contributed by atoms with Crippen LogP contribution in [0.15, 0.2) is 60.7 Å². The predicted molar refractivity (Wildman–Crippen MR) is 117 cm³/mol. The topological polar surface area (TPSA) is 61.9 Å². The number of amides is 2. The number of nitrogens with one attached hydrogen (secondary N) is 1. The van der Waals surface area contributed by atoms with Crippen molar-refractivity contribution in [2.75, 3.05) is 39.4 Å². The van der Waals surface area contributed by atoms with E-state index in [4.69, 9.17) is 4.74 Å². The summed E-state index contributed by atoms with van der Waals surface area (Å²) in [5.74, 6) is -0.221. The van der Waals surface area contributed by atoms with Crippen LogP contribution >= 0.6 is 0 Å². The van der Waals surface area contributed by atoms with Crippen molar-refractivity contribution in [1.29, 1.82) is 0 Å². The monoisotopic (exact) mass is 409 g/mol. The van der Waals surface area contributed by atoms with Crippen molar-refractivity contribution >= 4 is 11.8 Å². The number of carbonyl (C=O) groups is 2. The molecule has 0 aliphatic carbocycles. The van der Waals surface area contributed by atoms with Crippen LogP contribution in [-0.4, -0.2) is 67.0 Å². The lowest BCUT2D eigenvalue weighted by molar-refractivity contribution is -0.139. The van der Waals surface area contributed by atoms with Crippen LogP contribution in [0.25, 0.3) is 0 Å². The molecule has 0 radical (unpaired) electrons. The fourth-order valence-corrected chi connectivity index (χ4v) is 3.68. The molecule has 3 rings (SSSR count). The molecule has 1 N–H and O–H groups in total. The second-order valence-corrected chi connectivity index (χ2v) is 7.58. The number of rotatable bonds is 9. The molecule has 0 unspecified atom stereocenters. The Bertz CT molecular complexity index is 792. The lowest BCUT2D eigenvalue weighted by Crippen LogP contribution is -2.51. The van der Waals surface area contributed by atoms with Crippen LogP contribution in [-0.2, 0) is 27.3 Å². The van der Waals surface area contributed by atoms with E-state index in [0.29, 0.717) is 19.5 Å². The highest BCUT2D eigenvalue weighted by atomic mass is 16.5. The van der Waals surface area contributed by atoms with E-state index in [2.05, 4.69) is 10.2 Å². The lowest BCUT2D eigenvalue weighted by atomic mass is 10.0. The van der Waals surface area contributed by atoms with Crippen molar-refractivity contribution in [1.82, 2.24) is 15.1 Å². The Morgan fingerprint density at radius 3 is 2.20 bits per heavy atom. The Morgan fingerprint density at radius 2 is 1.60 bits per heavy atom. The highest BCUT2D eigenvalue weighted by molar-refractivity contribution is 5.87. The Kier molecular flexibility index (Phi) is 8.41. The van der Waals surface area contributed by atoms with Crippen molar-refractivity contribution < 1.29 is 14.3 Å². The summed E-state index contributed by atoms with van der Waals surface area (Å²) in [6.07, 6.45) is 0.483. The maximum atomic E-state index is 13.2. The van der Waals surface area contributed by atoms with Crippen molar-refractivity contribution in [3.63, 3.8) is 0 Å². The third-order valence-electron chi connectivity index (χ3n) is 5.38. The predicted octanol–water partition coefficient (Wildman–Crippen LogP) is 2.09. The van der Waals surface area contributed by atoms with Gasteiger partial charge in [-0.2, -0.15) is 0 Å². The number of carbonyl (C=O) groups excluding carboxylic acids is 2. The first kappa shape index (κ1) is 22.0. The van der Waals surface area contributed by atoms with Crippen molar-refractivity contribution in [2.45, 2.75) is 25.9 Å². The summed E-state index contributed by atoms with van der Waals surface area (Å²) in [7, 11) is 0. The average Bonchev–Trinajstić information content (AvgIpc) is 2.78. The first-order chi connectivity index (χ1) is 14.6. The quantitative estimate of drug-likeness (QED) is 0.689. The van der Waals surface area contributed by atoms with Crippen molar-refractivity contribution in [3.8, 4) is 0 Å². The molecule has 160 valence electrons. The molecule has 0 spiro atoms. The molecule has 1 heterocycles. The Labute approximate surface area is 178 Å². The van der Waals surface area contributed by atoms with Crippen LogP contribution in [0.3, 0.4) is 0 Å². The van der Waals surface area contributed by atoms with Gasteiger partial charge in [-0.3, -0.25) is 14.5 Å². The highest BCUT2D eigenvalue weighted by Crippen LogP contribution is 2.14. The highest BCUT2D eigenvalue weighted by Gasteiger charge is 2.28. The second kappa shape index (κ2) is 11.5. The van der Waals surface area contributed by atoms with Crippen LogP contribution in [0.5, 0.6) is 0 Å². The van der Waals surface area contributed by atoms with E-state index in [1.807, 2.05) is 60.7 Å². The van der Waals surface area contributed by atoms with E-state index >= 15 is 0 Å². The summed E-state index contributed by atoms with van der Waals surface area (Å²) < 4.78 is 5.37. The largest absolute Gasteiger partial charge is 0.379 e. The van der Waals surface area contributed by atoms with E-state index in [1.165, 1.54) is 6.92 Å². The summed E-state index contributed by atoms with van der Waals surface area (Å²) in [5.41, 5.74) is 2.04. The first-order valence-corrected chi connectivity index (χ1v) is 10.6. The minimum atomic E-state index is -0.560. The maximum Gasteiger partial charge on any atom is 0.243 e. The van der Waals surface area contributed by atoms with Crippen LogP contribution in [0.2, 0.25) is 0 Å². The Balaban J connectivity index is 1.70. The van der Waals surface area contributed by atoms with Crippen LogP contribution in [0, 0.1) is 0 Å². The first-order valence-electron chi connectivity index (χ1n) is 10.6. The number of hydrogen-bond donors (Lipinski definition) is 1. The van der Waals surface area contributed by atoms with E-state index in [9.17, 15) is 9.59 Å². The van der Waals surface area contributed by atoms with Gasteiger partial charge in [0.1, 0.15) is 6.04 Å². The van der Waals surface area contributed by atoms with Gasteiger partial charge in [-0.05, 0) is 11.1 Å². The fraction of sp³-hybridized carbons (Fsp3) is 0.417. The number of ether oxygens (including phenoxy) is 1. The van der Waals surface area contributed by atoms with Gasteiger partial charge in [0.25, 0.3) is 0 Å². The molecule has 1 saturated heterocycles. The molecule has 1 aliphatic heterocycles. The number of morpholine rings is 1. The maximum absolute atomic E-state index is 13.2. The second-order valence-electron chi connectivity index (χ2n) is 7.58. The third-order valence-corrected chi connectivity index (χ3v) is 5.38. The lowest BCUT2D eigenvalue weighted by Gasteiger charge is -2.31. The molecule has 6 heteroatoms. The molecule has 0 aromatic heterocycles.